The Morgan fingerprint density at radius 3 is 2.00 bits per heavy atom. The van der Waals surface area contributed by atoms with Crippen LogP contribution in [-0.2, 0) is 0 Å². The van der Waals surface area contributed by atoms with Crippen LogP contribution in [0.4, 0.5) is 8.78 Å². The second-order valence-corrected chi connectivity index (χ2v) is 5.27. The number of alkyl halides is 2. The fourth-order valence-corrected chi connectivity index (χ4v) is 2.08. The Balaban J connectivity index is 2.89. The summed E-state index contributed by atoms with van der Waals surface area (Å²) in [5.74, 6) is 4.14. The molecular weight excluding hydrogens is 194 g/mol. The van der Waals surface area contributed by atoms with E-state index in [1.807, 2.05) is 27.7 Å². The predicted molar refractivity (Wildman–Crippen MR) is 58.7 cm³/mol. The number of hydrogen-bond acceptors (Lipinski definition) is 0. The molecule has 1 fully saturated rings. The number of hydrogen-bond donors (Lipinski definition) is 0. The summed E-state index contributed by atoms with van der Waals surface area (Å²) in [6.45, 7) is 7.98. The first kappa shape index (κ1) is 12.5. The Bertz CT molecular complexity index is 281. The zero-order valence-corrected chi connectivity index (χ0v) is 10.0. The molecule has 1 rings (SSSR count). The van der Waals surface area contributed by atoms with Gasteiger partial charge in [0.1, 0.15) is 0 Å². The van der Waals surface area contributed by atoms with Crippen LogP contribution in [0.25, 0.3) is 0 Å². The van der Waals surface area contributed by atoms with Gasteiger partial charge in [0.15, 0.2) is 0 Å². The van der Waals surface area contributed by atoms with Crippen LogP contribution in [0.15, 0.2) is 0 Å². The molecule has 15 heavy (non-hydrogen) atoms. The van der Waals surface area contributed by atoms with Crippen molar-refractivity contribution >= 4 is 0 Å². The molecular formula is C13H20F2. The van der Waals surface area contributed by atoms with Crippen molar-refractivity contribution < 1.29 is 8.78 Å². The van der Waals surface area contributed by atoms with Crippen LogP contribution >= 0.6 is 0 Å². The molecule has 0 aliphatic heterocycles. The van der Waals surface area contributed by atoms with Gasteiger partial charge in [-0.15, -0.1) is 0 Å². The van der Waals surface area contributed by atoms with Gasteiger partial charge in [0.2, 0.25) is 5.92 Å². The third kappa shape index (κ3) is 2.93. The van der Waals surface area contributed by atoms with Crippen molar-refractivity contribution in [2.45, 2.75) is 52.9 Å². The molecule has 1 aliphatic rings. The van der Waals surface area contributed by atoms with E-state index in [9.17, 15) is 8.78 Å². The smallest absolute Gasteiger partial charge is 0.207 e. The molecule has 0 nitrogen and oxygen atoms in total. The monoisotopic (exact) mass is 214 g/mol. The summed E-state index contributed by atoms with van der Waals surface area (Å²) in [7, 11) is 0. The molecule has 1 unspecified atom stereocenters. The van der Waals surface area contributed by atoms with Crippen molar-refractivity contribution in [1.82, 2.24) is 0 Å². The van der Waals surface area contributed by atoms with E-state index in [1.165, 1.54) is 0 Å². The lowest BCUT2D eigenvalue weighted by molar-refractivity contribution is -0.00260. The first-order valence-electron chi connectivity index (χ1n) is 5.68. The van der Waals surface area contributed by atoms with Gasteiger partial charge in [-0.1, -0.05) is 39.5 Å². The number of rotatable bonds is 1. The van der Waals surface area contributed by atoms with Gasteiger partial charge in [-0.2, -0.15) is 0 Å². The van der Waals surface area contributed by atoms with E-state index < -0.39 is 11.3 Å². The molecule has 0 heterocycles. The van der Waals surface area contributed by atoms with Crippen molar-refractivity contribution in [2.24, 2.45) is 17.3 Å². The third-order valence-corrected chi connectivity index (χ3v) is 3.23. The summed E-state index contributed by atoms with van der Waals surface area (Å²) in [6, 6.07) is 0. The lowest BCUT2D eigenvalue weighted by Crippen LogP contribution is -2.24. The van der Waals surface area contributed by atoms with E-state index in [0.29, 0.717) is 6.42 Å². The van der Waals surface area contributed by atoms with E-state index >= 15 is 0 Å². The van der Waals surface area contributed by atoms with E-state index in [0.717, 1.165) is 0 Å². The highest BCUT2D eigenvalue weighted by molar-refractivity contribution is 5.18. The molecule has 0 N–H and O–H groups in total. The summed E-state index contributed by atoms with van der Waals surface area (Å²) < 4.78 is 26.5. The van der Waals surface area contributed by atoms with Crippen molar-refractivity contribution in [2.75, 3.05) is 0 Å². The van der Waals surface area contributed by atoms with Gasteiger partial charge in [0.05, 0.1) is 0 Å². The molecule has 1 aliphatic carbocycles. The molecule has 1 saturated carbocycles. The zero-order valence-electron chi connectivity index (χ0n) is 10.0. The molecule has 2 heteroatoms. The minimum atomic E-state index is -2.50. The van der Waals surface area contributed by atoms with Crippen LogP contribution in [0.1, 0.15) is 47.0 Å². The van der Waals surface area contributed by atoms with Gasteiger partial charge in [0.25, 0.3) is 0 Å². The van der Waals surface area contributed by atoms with Crippen LogP contribution in [0, 0.1) is 29.1 Å². The summed E-state index contributed by atoms with van der Waals surface area (Å²) in [4.78, 5) is 0. The first-order chi connectivity index (χ1) is 6.77. The average Bonchev–Trinajstić information content (AvgIpc) is 2.40. The molecule has 0 aromatic heterocycles. The number of halogens is 2. The van der Waals surface area contributed by atoms with Crippen LogP contribution < -0.4 is 0 Å². The normalized spacial score (nSPS) is 29.3. The molecule has 1 atom stereocenters. The SMILES string of the molecule is CC(C)C#CC1(C(C)C)CCC(F)(F)C1. The summed E-state index contributed by atoms with van der Waals surface area (Å²) in [6.07, 6.45) is 0.479. The molecule has 86 valence electrons. The van der Waals surface area contributed by atoms with Crippen LogP contribution in [-0.4, -0.2) is 5.92 Å². The molecule has 0 saturated heterocycles. The molecule has 0 radical (unpaired) electrons. The Hall–Kier alpha value is -0.580. The maximum Gasteiger partial charge on any atom is 0.249 e. The largest absolute Gasteiger partial charge is 0.249 e. The predicted octanol–water partition coefficient (Wildman–Crippen LogP) is 4.11. The molecule has 0 amide bonds. The standard InChI is InChI=1S/C13H20F2/c1-10(2)5-6-12(11(3)4)7-8-13(14,15)9-12/h10-11H,7-9H2,1-4H3. The van der Waals surface area contributed by atoms with E-state index in [-0.39, 0.29) is 24.7 Å². The van der Waals surface area contributed by atoms with E-state index in [1.54, 1.807) is 0 Å². The van der Waals surface area contributed by atoms with Gasteiger partial charge in [-0.05, 0) is 12.3 Å². The fourth-order valence-electron chi connectivity index (χ4n) is 2.08. The van der Waals surface area contributed by atoms with E-state index in [4.69, 9.17) is 0 Å². The van der Waals surface area contributed by atoms with Gasteiger partial charge >= 0.3 is 0 Å². The van der Waals surface area contributed by atoms with Gasteiger partial charge < -0.3 is 0 Å². The first-order valence-corrected chi connectivity index (χ1v) is 5.68. The van der Waals surface area contributed by atoms with E-state index in [2.05, 4.69) is 11.8 Å². The summed E-state index contributed by atoms with van der Waals surface area (Å²) >= 11 is 0. The van der Waals surface area contributed by atoms with Crippen LogP contribution in [0.3, 0.4) is 0 Å². The van der Waals surface area contributed by atoms with Gasteiger partial charge in [0, 0.05) is 24.2 Å². The maximum atomic E-state index is 13.3. The second-order valence-electron chi connectivity index (χ2n) is 5.27. The lowest BCUT2D eigenvalue weighted by Gasteiger charge is -2.27. The Labute approximate surface area is 91.4 Å². The molecule has 0 aromatic rings. The third-order valence-electron chi connectivity index (χ3n) is 3.23. The maximum absolute atomic E-state index is 13.3. The highest BCUT2D eigenvalue weighted by Gasteiger charge is 2.50. The second kappa shape index (κ2) is 4.12. The quantitative estimate of drug-likeness (QED) is 0.576. The molecule has 0 bridgehead atoms. The highest BCUT2D eigenvalue weighted by Crippen LogP contribution is 2.51. The highest BCUT2D eigenvalue weighted by atomic mass is 19.3. The van der Waals surface area contributed by atoms with Crippen LogP contribution in [0.2, 0.25) is 0 Å². The summed E-state index contributed by atoms with van der Waals surface area (Å²) in [5.41, 5.74) is -0.451. The molecule has 0 aromatic carbocycles. The Morgan fingerprint density at radius 1 is 1.07 bits per heavy atom. The summed E-state index contributed by atoms with van der Waals surface area (Å²) in [5, 5.41) is 0. The molecule has 0 spiro atoms. The van der Waals surface area contributed by atoms with Gasteiger partial charge in [-0.25, -0.2) is 8.78 Å². The topological polar surface area (TPSA) is 0 Å². The lowest BCUT2D eigenvalue weighted by atomic mass is 9.76. The minimum absolute atomic E-state index is 0.00203. The average molecular weight is 214 g/mol. The Kier molecular flexibility index (Phi) is 3.43. The van der Waals surface area contributed by atoms with Crippen molar-refractivity contribution in [3.8, 4) is 11.8 Å². The Morgan fingerprint density at radius 2 is 1.67 bits per heavy atom. The fraction of sp³-hybridized carbons (Fsp3) is 0.846. The van der Waals surface area contributed by atoms with Gasteiger partial charge in [-0.3, -0.25) is 0 Å². The van der Waals surface area contributed by atoms with Crippen molar-refractivity contribution in [1.29, 1.82) is 0 Å². The zero-order chi connectivity index (χ0) is 11.7. The minimum Gasteiger partial charge on any atom is -0.207 e. The van der Waals surface area contributed by atoms with Crippen molar-refractivity contribution in [3.63, 3.8) is 0 Å². The van der Waals surface area contributed by atoms with Crippen molar-refractivity contribution in [3.05, 3.63) is 0 Å². The van der Waals surface area contributed by atoms with Crippen LogP contribution in [0.5, 0.6) is 0 Å².